The first-order chi connectivity index (χ1) is 8.80. The van der Waals surface area contributed by atoms with E-state index in [1.165, 1.54) is 38.8 Å². The summed E-state index contributed by atoms with van der Waals surface area (Å²) in [5, 5.41) is 3.64. The summed E-state index contributed by atoms with van der Waals surface area (Å²) in [5.41, 5.74) is -0.0102. The monoisotopic (exact) mass is 268 g/mol. The molecular formula is C16H32N2O. The average Bonchev–Trinajstić information content (AvgIpc) is 2.56. The van der Waals surface area contributed by atoms with Crippen molar-refractivity contribution in [2.75, 3.05) is 20.1 Å². The number of nitrogens with one attached hydrogen (secondary N) is 1. The van der Waals surface area contributed by atoms with Crippen molar-refractivity contribution in [3.8, 4) is 0 Å². The standard InChI is InChI=1S/C16H32N2O/c1-15(2)12-14(16(3,4)19-15)18(5)11-9-13-8-6-7-10-17-13/h13-14,17H,6-12H2,1-5H3. The Morgan fingerprint density at radius 2 is 1.95 bits per heavy atom. The van der Waals surface area contributed by atoms with Crippen molar-refractivity contribution in [1.82, 2.24) is 10.2 Å². The molecule has 0 aromatic heterocycles. The maximum Gasteiger partial charge on any atom is 0.0789 e. The van der Waals surface area contributed by atoms with Gasteiger partial charge in [-0.1, -0.05) is 6.42 Å². The van der Waals surface area contributed by atoms with Crippen LogP contribution in [0.5, 0.6) is 0 Å². The number of piperidine rings is 1. The molecule has 112 valence electrons. The third-order valence-electron chi connectivity index (χ3n) is 4.80. The Balaban J connectivity index is 1.83. The lowest BCUT2D eigenvalue weighted by Crippen LogP contribution is -2.46. The lowest BCUT2D eigenvalue weighted by atomic mass is 9.92. The van der Waals surface area contributed by atoms with Crippen molar-refractivity contribution in [3.63, 3.8) is 0 Å². The second-order valence-electron chi connectivity index (χ2n) is 7.60. The topological polar surface area (TPSA) is 24.5 Å². The van der Waals surface area contributed by atoms with E-state index in [9.17, 15) is 0 Å². The SMILES string of the molecule is CN(CCC1CCCCN1)C1CC(C)(C)OC1(C)C. The van der Waals surface area contributed by atoms with Crippen LogP contribution in [-0.4, -0.2) is 48.3 Å². The van der Waals surface area contributed by atoms with E-state index >= 15 is 0 Å². The molecular weight excluding hydrogens is 236 g/mol. The smallest absolute Gasteiger partial charge is 0.0789 e. The molecule has 2 unspecified atom stereocenters. The van der Waals surface area contributed by atoms with Crippen molar-refractivity contribution >= 4 is 0 Å². The first kappa shape index (κ1) is 15.3. The third-order valence-corrected chi connectivity index (χ3v) is 4.80. The summed E-state index contributed by atoms with van der Waals surface area (Å²) in [6.45, 7) is 11.3. The first-order valence-electron chi connectivity index (χ1n) is 7.94. The predicted octanol–water partition coefficient (Wildman–Crippen LogP) is 2.80. The average molecular weight is 268 g/mol. The Morgan fingerprint density at radius 1 is 1.21 bits per heavy atom. The van der Waals surface area contributed by atoms with Gasteiger partial charge in [-0.15, -0.1) is 0 Å². The molecule has 1 N–H and O–H groups in total. The van der Waals surface area contributed by atoms with Gasteiger partial charge in [0, 0.05) is 12.1 Å². The first-order valence-corrected chi connectivity index (χ1v) is 7.94. The number of ether oxygens (including phenoxy) is 1. The molecule has 0 aliphatic carbocycles. The second-order valence-corrected chi connectivity index (χ2v) is 7.60. The number of likely N-dealkylation sites (N-methyl/N-ethyl adjacent to an activating group) is 1. The van der Waals surface area contributed by atoms with Crippen molar-refractivity contribution in [2.24, 2.45) is 0 Å². The minimum absolute atomic E-state index is 0.0194. The molecule has 2 saturated heterocycles. The fraction of sp³-hybridized carbons (Fsp3) is 1.00. The number of hydrogen-bond acceptors (Lipinski definition) is 3. The van der Waals surface area contributed by atoms with Crippen LogP contribution in [0.15, 0.2) is 0 Å². The van der Waals surface area contributed by atoms with Crippen molar-refractivity contribution < 1.29 is 4.74 Å². The molecule has 19 heavy (non-hydrogen) atoms. The van der Waals surface area contributed by atoms with E-state index in [4.69, 9.17) is 4.74 Å². The summed E-state index contributed by atoms with van der Waals surface area (Å²) in [6, 6.07) is 1.26. The minimum atomic E-state index is -0.0295. The second kappa shape index (κ2) is 5.71. The zero-order chi connectivity index (χ0) is 14.1. The van der Waals surface area contributed by atoms with E-state index in [1.54, 1.807) is 0 Å². The largest absolute Gasteiger partial charge is 0.368 e. The van der Waals surface area contributed by atoms with Gasteiger partial charge in [-0.25, -0.2) is 0 Å². The highest BCUT2D eigenvalue weighted by molar-refractivity contribution is 4.99. The maximum atomic E-state index is 6.20. The van der Waals surface area contributed by atoms with Crippen LogP contribution in [0.4, 0.5) is 0 Å². The van der Waals surface area contributed by atoms with Gasteiger partial charge < -0.3 is 15.0 Å². The van der Waals surface area contributed by atoms with E-state index < -0.39 is 0 Å². The van der Waals surface area contributed by atoms with Crippen LogP contribution < -0.4 is 5.32 Å². The quantitative estimate of drug-likeness (QED) is 0.848. The van der Waals surface area contributed by atoms with Gasteiger partial charge in [-0.2, -0.15) is 0 Å². The lowest BCUT2D eigenvalue weighted by Gasteiger charge is -2.35. The molecule has 3 heteroatoms. The van der Waals surface area contributed by atoms with Crippen LogP contribution in [0.3, 0.4) is 0 Å². The highest BCUT2D eigenvalue weighted by Crippen LogP contribution is 2.39. The Kier molecular flexibility index (Phi) is 4.59. The molecule has 2 rings (SSSR count). The molecule has 2 heterocycles. The van der Waals surface area contributed by atoms with Crippen LogP contribution in [0, 0.1) is 0 Å². The predicted molar refractivity (Wildman–Crippen MR) is 80.5 cm³/mol. The van der Waals surface area contributed by atoms with Gasteiger partial charge in [-0.05, 0) is 73.5 Å². The van der Waals surface area contributed by atoms with E-state index in [0.717, 1.165) is 12.5 Å². The van der Waals surface area contributed by atoms with Crippen LogP contribution in [0.25, 0.3) is 0 Å². The van der Waals surface area contributed by atoms with Gasteiger partial charge >= 0.3 is 0 Å². The minimum Gasteiger partial charge on any atom is -0.368 e. The summed E-state index contributed by atoms with van der Waals surface area (Å²) >= 11 is 0. The van der Waals surface area contributed by atoms with Crippen molar-refractivity contribution in [2.45, 2.75) is 83.1 Å². The molecule has 0 aromatic carbocycles. The third kappa shape index (κ3) is 3.93. The van der Waals surface area contributed by atoms with E-state index in [-0.39, 0.29) is 11.2 Å². The summed E-state index contributed by atoms with van der Waals surface area (Å²) in [4.78, 5) is 2.52. The Labute approximate surface area is 119 Å². The molecule has 2 atom stereocenters. The van der Waals surface area contributed by atoms with Gasteiger partial charge in [0.2, 0.25) is 0 Å². The molecule has 0 radical (unpaired) electrons. The molecule has 2 aliphatic heterocycles. The molecule has 0 amide bonds. The zero-order valence-corrected chi connectivity index (χ0v) is 13.5. The van der Waals surface area contributed by atoms with Crippen molar-refractivity contribution in [3.05, 3.63) is 0 Å². The molecule has 0 bridgehead atoms. The Morgan fingerprint density at radius 3 is 2.47 bits per heavy atom. The van der Waals surface area contributed by atoms with E-state index in [1.807, 2.05) is 0 Å². The van der Waals surface area contributed by atoms with Gasteiger partial charge in [0.05, 0.1) is 11.2 Å². The highest BCUT2D eigenvalue weighted by atomic mass is 16.5. The number of nitrogens with zero attached hydrogens (tertiary/aromatic N) is 1. The normalized spacial score (nSPS) is 33.8. The van der Waals surface area contributed by atoms with Gasteiger partial charge in [0.25, 0.3) is 0 Å². The molecule has 0 saturated carbocycles. The van der Waals surface area contributed by atoms with E-state index in [2.05, 4.69) is 45.0 Å². The fourth-order valence-corrected chi connectivity index (χ4v) is 3.91. The van der Waals surface area contributed by atoms with Crippen LogP contribution in [0.2, 0.25) is 0 Å². The van der Waals surface area contributed by atoms with Crippen LogP contribution in [-0.2, 0) is 4.74 Å². The zero-order valence-electron chi connectivity index (χ0n) is 13.5. The molecule has 0 spiro atoms. The van der Waals surface area contributed by atoms with Gasteiger partial charge in [0.15, 0.2) is 0 Å². The Hall–Kier alpha value is -0.120. The summed E-state index contributed by atoms with van der Waals surface area (Å²) in [5.74, 6) is 0. The van der Waals surface area contributed by atoms with Gasteiger partial charge in [-0.3, -0.25) is 0 Å². The van der Waals surface area contributed by atoms with Crippen LogP contribution in [0.1, 0.15) is 59.8 Å². The maximum absolute atomic E-state index is 6.20. The highest BCUT2D eigenvalue weighted by Gasteiger charge is 2.47. The van der Waals surface area contributed by atoms with Gasteiger partial charge in [0.1, 0.15) is 0 Å². The summed E-state index contributed by atoms with van der Waals surface area (Å²) in [7, 11) is 2.26. The number of hydrogen-bond donors (Lipinski definition) is 1. The molecule has 3 nitrogen and oxygen atoms in total. The van der Waals surface area contributed by atoms with Crippen LogP contribution >= 0.6 is 0 Å². The Bertz CT molecular complexity index is 295. The van der Waals surface area contributed by atoms with E-state index in [0.29, 0.717) is 6.04 Å². The lowest BCUT2D eigenvalue weighted by molar-refractivity contribution is -0.0787. The van der Waals surface area contributed by atoms with Crippen molar-refractivity contribution in [1.29, 1.82) is 0 Å². The fourth-order valence-electron chi connectivity index (χ4n) is 3.91. The molecule has 2 fully saturated rings. The summed E-state index contributed by atoms with van der Waals surface area (Å²) in [6.07, 6.45) is 6.50. The summed E-state index contributed by atoms with van der Waals surface area (Å²) < 4.78 is 6.20. The molecule has 0 aromatic rings. The number of rotatable bonds is 4. The molecule has 2 aliphatic rings.